The van der Waals surface area contributed by atoms with Crippen molar-refractivity contribution in [2.45, 2.75) is 51.6 Å². The van der Waals surface area contributed by atoms with E-state index in [2.05, 4.69) is 10.1 Å². The number of rotatable bonds is 5. The molecule has 0 bridgehead atoms. The van der Waals surface area contributed by atoms with Crippen molar-refractivity contribution in [2.24, 2.45) is 0 Å². The second kappa shape index (κ2) is 6.00. The molecule has 18 heavy (non-hydrogen) atoms. The van der Waals surface area contributed by atoms with Crippen molar-refractivity contribution >= 4 is 5.97 Å². The van der Waals surface area contributed by atoms with Crippen molar-refractivity contribution in [1.29, 1.82) is 0 Å². The topological polar surface area (TPSA) is 66.6 Å². The zero-order chi connectivity index (χ0) is 13.0. The second-order valence-electron chi connectivity index (χ2n) is 4.98. The maximum atomic E-state index is 10.7. The molecule has 1 aromatic heterocycles. The van der Waals surface area contributed by atoms with Gasteiger partial charge in [0.2, 0.25) is 0 Å². The normalized spacial score (nSPS) is 21.1. The van der Waals surface area contributed by atoms with Gasteiger partial charge >= 0.3 is 5.97 Å². The Kier molecular flexibility index (Phi) is 4.36. The van der Waals surface area contributed by atoms with Crippen LogP contribution in [-0.2, 0) is 11.3 Å². The van der Waals surface area contributed by atoms with E-state index in [9.17, 15) is 4.79 Å². The molecule has 0 amide bonds. The summed E-state index contributed by atoms with van der Waals surface area (Å²) < 4.78 is 5.07. The van der Waals surface area contributed by atoms with E-state index in [1.54, 1.807) is 0 Å². The van der Waals surface area contributed by atoms with Crippen LogP contribution in [0, 0.1) is 6.92 Å². The SMILES string of the molecule is Cc1cc(CN2CCCCC2CCC(=O)O)no1. The Bertz CT molecular complexity index is 403. The largest absolute Gasteiger partial charge is 0.481 e. The molecule has 5 heteroatoms. The highest BCUT2D eigenvalue weighted by Crippen LogP contribution is 2.22. The van der Waals surface area contributed by atoms with E-state index < -0.39 is 5.97 Å². The first-order valence-electron chi connectivity index (χ1n) is 6.53. The quantitative estimate of drug-likeness (QED) is 0.870. The zero-order valence-electron chi connectivity index (χ0n) is 10.8. The van der Waals surface area contributed by atoms with Crippen LogP contribution in [0.1, 0.15) is 43.6 Å². The molecular formula is C13H20N2O3. The van der Waals surface area contributed by atoms with Crippen molar-refractivity contribution in [3.63, 3.8) is 0 Å². The minimum absolute atomic E-state index is 0.249. The molecule has 1 unspecified atom stereocenters. The molecule has 1 aliphatic heterocycles. The molecule has 2 rings (SSSR count). The second-order valence-corrected chi connectivity index (χ2v) is 4.98. The third-order valence-corrected chi connectivity index (χ3v) is 3.48. The molecule has 5 nitrogen and oxygen atoms in total. The van der Waals surface area contributed by atoms with Gasteiger partial charge in [-0.1, -0.05) is 11.6 Å². The molecule has 0 aromatic carbocycles. The van der Waals surface area contributed by atoms with Crippen LogP contribution in [-0.4, -0.2) is 33.7 Å². The maximum Gasteiger partial charge on any atom is 0.303 e. The number of likely N-dealkylation sites (tertiary alicyclic amines) is 1. The van der Waals surface area contributed by atoms with Gasteiger partial charge in [-0.15, -0.1) is 0 Å². The number of aromatic nitrogens is 1. The maximum absolute atomic E-state index is 10.7. The number of carbonyl (C=O) groups is 1. The van der Waals surface area contributed by atoms with E-state index in [-0.39, 0.29) is 6.42 Å². The van der Waals surface area contributed by atoms with Gasteiger partial charge in [-0.3, -0.25) is 9.69 Å². The molecule has 0 aliphatic carbocycles. The summed E-state index contributed by atoms with van der Waals surface area (Å²) in [5.74, 6) is 0.113. The van der Waals surface area contributed by atoms with E-state index in [4.69, 9.17) is 9.63 Å². The third kappa shape index (κ3) is 3.57. The summed E-state index contributed by atoms with van der Waals surface area (Å²) in [6.45, 7) is 3.67. The van der Waals surface area contributed by atoms with Gasteiger partial charge in [0, 0.05) is 25.1 Å². The number of piperidine rings is 1. The van der Waals surface area contributed by atoms with Crippen LogP contribution in [0.15, 0.2) is 10.6 Å². The number of hydrogen-bond donors (Lipinski definition) is 1. The van der Waals surface area contributed by atoms with E-state index in [0.717, 1.165) is 37.4 Å². The number of aliphatic carboxylic acids is 1. The summed E-state index contributed by atoms with van der Waals surface area (Å²) in [5, 5.41) is 12.8. The number of aryl methyl sites for hydroxylation is 1. The van der Waals surface area contributed by atoms with Crippen molar-refractivity contribution in [3.05, 3.63) is 17.5 Å². The van der Waals surface area contributed by atoms with Crippen molar-refractivity contribution < 1.29 is 14.4 Å². The lowest BCUT2D eigenvalue weighted by Crippen LogP contribution is -2.39. The first-order valence-corrected chi connectivity index (χ1v) is 6.53. The van der Waals surface area contributed by atoms with E-state index >= 15 is 0 Å². The van der Waals surface area contributed by atoms with Crippen LogP contribution in [0.4, 0.5) is 0 Å². The van der Waals surface area contributed by atoms with Crippen LogP contribution in [0.5, 0.6) is 0 Å². The fourth-order valence-electron chi connectivity index (χ4n) is 2.59. The highest BCUT2D eigenvalue weighted by atomic mass is 16.5. The number of nitrogens with zero attached hydrogens (tertiary/aromatic N) is 2. The van der Waals surface area contributed by atoms with E-state index in [1.165, 1.54) is 12.8 Å². The minimum Gasteiger partial charge on any atom is -0.481 e. The molecule has 1 saturated heterocycles. The molecule has 1 fully saturated rings. The molecule has 1 aliphatic rings. The number of hydrogen-bond acceptors (Lipinski definition) is 4. The van der Waals surface area contributed by atoms with Gasteiger partial charge in [-0.05, 0) is 32.7 Å². The molecule has 0 saturated carbocycles. The zero-order valence-corrected chi connectivity index (χ0v) is 10.8. The highest BCUT2D eigenvalue weighted by Gasteiger charge is 2.23. The van der Waals surface area contributed by atoms with Gasteiger partial charge in [-0.2, -0.15) is 0 Å². The Balaban J connectivity index is 1.92. The average Bonchev–Trinajstić information content (AvgIpc) is 2.73. The van der Waals surface area contributed by atoms with Gasteiger partial charge < -0.3 is 9.63 Å². The van der Waals surface area contributed by atoms with Crippen LogP contribution >= 0.6 is 0 Å². The first kappa shape index (κ1) is 13.1. The van der Waals surface area contributed by atoms with E-state index in [0.29, 0.717) is 6.04 Å². The van der Waals surface area contributed by atoms with Gasteiger partial charge in [-0.25, -0.2) is 0 Å². The molecule has 1 N–H and O–H groups in total. The summed E-state index contributed by atoms with van der Waals surface area (Å²) in [5.41, 5.74) is 0.940. The molecular weight excluding hydrogens is 232 g/mol. The smallest absolute Gasteiger partial charge is 0.303 e. The Hall–Kier alpha value is -1.36. The van der Waals surface area contributed by atoms with Crippen LogP contribution < -0.4 is 0 Å². The molecule has 2 heterocycles. The van der Waals surface area contributed by atoms with Gasteiger partial charge in [0.1, 0.15) is 5.76 Å². The molecule has 0 spiro atoms. The van der Waals surface area contributed by atoms with Gasteiger partial charge in [0.25, 0.3) is 0 Å². The van der Waals surface area contributed by atoms with Gasteiger partial charge in [0.05, 0.1) is 5.69 Å². The number of carboxylic acid groups (broad SMARTS) is 1. The van der Waals surface area contributed by atoms with Crippen molar-refractivity contribution in [1.82, 2.24) is 10.1 Å². The molecule has 1 aromatic rings. The van der Waals surface area contributed by atoms with Crippen molar-refractivity contribution in [3.8, 4) is 0 Å². The minimum atomic E-state index is -0.710. The first-order chi connectivity index (χ1) is 8.65. The average molecular weight is 252 g/mol. The Morgan fingerprint density at radius 3 is 3.11 bits per heavy atom. The van der Waals surface area contributed by atoms with Crippen LogP contribution in [0.3, 0.4) is 0 Å². The predicted molar refractivity (Wildman–Crippen MR) is 66.2 cm³/mol. The van der Waals surface area contributed by atoms with Gasteiger partial charge in [0.15, 0.2) is 0 Å². The molecule has 0 radical (unpaired) electrons. The highest BCUT2D eigenvalue weighted by molar-refractivity contribution is 5.66. The van der Waals surface area contributed by atoms with Crippen LogP contribution in [0.2, 0.25) is 0 Å². The van der Waals surface area contributed by atoms with Crippen molar-refractivity contribution in [2.75, 3.05) is 6.54 Å². The summed E-state index contributed by atoms with van der Waals surface area (Å²) in [6.07, 6.45) is 4.44. The summed E-state index contributed by atoms with van der Waals surface area (Å²) in [7, 11) is 0. The third-order valence-electron chi connectivity index (χ3n) is 3.48. The lowest BCUT2D eigenvalue weighted by Gasteiger charge is -2.34. The summed E-state index contributed by atoms with van der Waals surface area (Å²) in [6, 6.07) is 2.31. The molecule has 1 atom stereocenters. The number of carboxylic acids is 1. The van der Waals surface area contributed by atoms with E-state index in [1.807, 2.05) is 13.0 Å². The Morgan fingerprint density at radius 1 is 1.61 bits per heavy atom. The predicted octanol–water partition coefficient (Wildman–Crippen LogP) is 2.20. The molecule has 100 valence electrons. The monoisotopic (exact) mass is 252 g/mol. The van der Waals surface area contributed by atoms with Crippen LogP contribution in [0.25, 0.3) is 0 Å². The summed E-state index contributed by atoms with van der Waals surface area (Å²) in [4.78, 5) is 13.0. The standard InChI is InChI=1S/C13H20N2O3/c1-10-8-11(14-18-10)9-15-7-3-2-4-12(15)5-6-13(16)17/h8,12H,2-7,9H2,1H3,(H,16,17). The summed E-state index contributed by atoms with van der Waals surface area (Å²) >= 11 is 0. The fraction of sp³-hybridized carbons (Fsp3) is 0.692. The lowest BCUT2D eigenvalue weighted by atomic mass is 9.98. The Labute approximate surface area is 107 Å². The Morgan fingerprint density at radius 2 is 2.44 bits per heavy atom. The lowest BCUT2D eigenvalue weighted by molar-refractivity contribution is -0.137. The fourth-order valence-corrected chi connectivity index (χ4v) is 2.59.